The lowest BCUT2D eigenvalue weighted by Gasteiger charge is -2.04. The fraction of sp³-hybridized carbons (Fsp3) is 0.750. The summed E-state index contributed by atoms with van der Waals surface area (Å²) in [5, 5.41) is 8.21. The van der Waals surface area contributed by atoms with Gasteiger partial charge in [-0.25, -0.2) is 0 Å². The summed E-state index contributed by atoms with van der Waals surface area (Å²) in [6.45, 7) is 0. The minimum atomic E-state index is -2.77. The highest BCUT2D eigenvalue weighted by molar-refractivity contribution is 7.91. The van der Waals surface area contributed by atoms with Gasteiger partial charge in [0.05, 0.1) is 5.75 Å². The minimum Gasteiger partial charge on any atom is -0.480 e. The van der Waals surface area contributed by atoms with Crippen LogP contribution >= 0.6 is 0 Å². The molecule has 0 bridgehead atoms. The number of carboxylic acids is 1. The molecule has 0 rings (SSSR count). The molecule has 0 heterocycles. The fourth-order valence-corrected chi connectivity index (χ4v) is 1.24. The van der Waals surface area contributed by atoms with E-state index >= 15 is 0 Å². The van der Waals surface area contributed by atoms with Crippen molar-refractivity contribution < 1.29 is 14.1 Å². The van der Waals surface area contributed by atoms with Gasteiger partial charge < -0.3 is 10.8 Å². The van der Waals surface area contributed by atoms with Gasteiger partial charge >= 0.3 is 5.97 Å². The molecule has 10 heavy (non-hydrogen) atoms. The Hall–Kier alpha value is -0.620. The SMILES string of the molecule is C[S@@](=N)(=O)C[C@H](N)C(=O)O. The number of nitrogens with two attached hydrogens (primary N) is 1. The molecular weight excluding hydrogens is 156 g/mol. The molecule has 0 unspecified atom stereocenters. The van der Waals surface area contributed by atoms with E-state index in [9.17, 15) is 9.00 Å². The Morgan fingerprint density at radius 1 is 1.90 bits per heavy atom. The summed E-state index contributed by atoms with van der Waals surface area (Å²) in [4.78, 5) is 10.0. The normalized spacial score (nSPS) is 19.4. The topological polar surface area (TPSA) is 104 Å². The Morgan fingerprint density at radius 2 is 2.30 bits per heavy atom. The van der Waals surface area contributed by atoms with Crippen LogP contribution in [-0.4, -0.2) is 33.3 Å². The Kier molecular flexibility index (Phi) is 2.79. The molecule has 2 atom stereocenters. The van der Waals surface area contributed by atoms with Crippen LogP contribution in [0.1, 0.15) is 0 Å². The van der Waals surface area contributed by atoms with Gasteiger partial charge in [-0.15, -0.1) is 0 Å². The lowest BCUT2D eigenvalue weighted by molar-refractivity contribution is -0.137. The molecule has 0 aromatic rings. The van der Waals surface area contributed by atoms with Crippen LogP contribution < -0.4 is 5.73 Å². The van der Waals surface area contributed by atoms with Gasteiger partial charge in [0.1, 0.15) is 6.04 Å². The van der Waals surface area contributed by atoms with Crippen LogP contribution in [0, 0.1) is 4.78 Å². The third-order valence-corrected chi connectivity index (χ3v) is 1.81. The van der Waals surface area contributed by atoms with Crippen LogP contribution in [0.2, 0.25) is 0 Å². The zero-order chi connectivity index (χ0) is 8.36. The third kappa shape index (κ3) is 4.28. The van der Waals surface area contributed by atoms with E-state index in [1.165, 1.54) is 0 Å². The average Bonchev–Trinajstić information content (AvgIpc) is 1.60. The number of nitrogens with one attached hydrogen (secondary N) is 1. The van der Waals surface area contributed by atoms with Crippen molar-refractivity contribution >= 4 is 15.7 Å². The van der Waals surface area contributed by atoms with Crippen molar-refractivity contribution in [1.82, 2.24) is 0 Å². The van der Waals surface area contributed by atoms with E-state index in [-0.39, 0.29) is 5.75 Å². The third-order valence-electron chi connectivity index (χ3n) is 0.815. The second-order valence-electron chi connectivity index (χ2n) is 2.12. The maximum Gasteiger partial charge on any atom is 0.321 e. The standard InChI is InChI=1S/C4H10N2O3S/c1-10(6,9)2-3(5)4(7)8/h3,6H,2,5H2,1H3,(H,7,8)/t3-,10+/m0/s1. The molecule has 4 N–H and O–H groups in total. The molecule has 0 aliphatic rings. The van der Waals surface area contributed by atoms with E-state index in [1.807, 2.05) is 0 Å². The Bertz CT molecular complexity index is 221. The molecule has 6 heteroatoms. The van der Waals surface area contributed by atoms with E-state index in [2.05, 4.69) is 0 Å². The van der Waals surface area contributed by atoms with Gasteiger partial charge in [-0.05, 0) is 0 Å². The van der Waals surface area contributed by atoms with E-state index < -0.39 is 21.7 Å². The van der Waals surface area contributed by atoms with Crippen molar-refractivity contribution in [3.63, 3.8) is 0 Å². The first-order valence-electron chi connectivity index (χ1n) is 2.53. The molecule has 0 saturated heterocycles. The lowest BCUT2D eigenvalue weighted by atomic mass is 10.4. The monoisotopic (exact) mass is 166 g/mol. The number of hydrogen-bond donors (Lipinski definition) is 3. The lowest BCUT2D eigenvalue weighted by Crippen LogP contribution is -2.36. The fourth-order valence-electron chi connectivity index (χ4n) is 0.414. The van der Waals surface area contributed by atoms with E-state index in [0.29, 0.717) is 0 Å². The molecule has 0 radical (unpaired) electrons. The van der Waals surface area contributed by atoms with Crippen LogP contribution in [0.25, 0.3) is 0 Å². The molecule has 0 amide bonds. The molecule has 0 aromatic carbocycles. The van der Waals surface area contributed by atoms with E-state index in [0.717, 1.165) is 6.26 Å². The predicted molar refractivity (Wildman–Crippen MR) is 37.3 cm³/mol. The zero-order valence-electron chi connectivity index (χ0n) is 5.53. The Morgan fingerprint density at radius 3 is 2.40 bits per heavy atom. The molecule has 5 nitrogen and oxygen atoms in total. The Labute approximate surface area is 59.2 Å². The summed E-state index contributed by atoms with van der Waals surface area (Å²) in [6.07, 6.45) is 1.16. The van der Waals surface area contributed by atoms with Crippen LogP contribution in [0.15, 0.2) is 0 Å². The minimum absolute atomic E-state index is 0.289. The van der Waals surface area contributed by atoms with E-state index in [1.54, 1.807) is 0 Å². The predicted octanol–water partition coefficient (Wildman–Crippen LogP) is -0.925. The maximum atomic E-state index is 10.6. The summed E-state index contributed by atoms with van der Waals surface area (Å²) >= 11 is 0. The molecule has 0 saturated carbocycles. The molecule has 0 aromatic heterocycles. The molecule has 0 aliphatic carbocycles. The zero-order valence-corrected chi connectivity index (χ0v) is 6.35. The van der Waals surface area contributed by atoms with Gasteiger partial charge in [0.15, 0.2) is 0 Å². The average molecular weight is 166 g/mol. The molecular formula is C4H10N2O3S. The van der Waals surface area contributed by atoms with Crippen molar-refractivity contribution in [3.05, 3.63) is 0 Å². The van der Waals surface area contributed by atoms with Crippen LogP contribution in [-0.2, 0) is 14.5 Å². The largest absolute Gasteiger partial charge is 0.480 e. The van der Waals surface area contributed by atoms with Crippen LogP contribution in [0.3, 0.4) is 0 Å². The van der Waals surface area contributed by atoms with Gasteiger partial charge in [-0.2, -0.15) is 0 Å². The van der Waals surface area contributed by atoms with Crippen molar-refractivity contribution in [2.24, 2.45) is 5.73 Å². The van der Waals surface area contributed by atoms with Crippen molar-refractivity contribution in [3.8, 4) is 0 Å². The second kappa shape index (κ2) is 2.98. The smallest absolute Gasteiger partial charge is 0.321 e. The number of carbonyl (C=O) groups is 1. The summed E-state index contributed by atoms with van der Waals surface area (Å²) < 4.78 is 17.5. The number of carboxylic acid groups (broad SMARTS) is 1. The van der Waals surface area contributed by atoms with Crippen LogP contribution in [0.4, 0.5) is 0 Å². The molecule has 60 valence electrons. The van der Waals surface area contributed by atoms with Crippen LogP contribution in [0.5, 0.6) is 0 Å². The summed E-state index contributed by atoms with van der Waals surface area (Å²) in [5.41, 5.74) is 5.00. The van der Waals surface area contributed by atoms with Gasteiger partial charge in [0.2, 0.25) is 0 Å². The highest BCUT2D eigenvalue weighted by atomic mass is 32.2. The maximum absolute atomic E-state index is 10.6. The molecule has 0 spiro atoms. The van der Waals surface area contributed by atoms with E-state index in [4.69, 9.17) is 15.6 Å². The first kappa shape index (κ1) is 9.38. The molecule has 0 fully saturated rings. The summed E-state index contributed by atoms with van der Waals surface area (Å²) in [7, 11) is -2.77. The highest BCUT2D eigenvalue weighted by Gasteiger charge is 2.14. The number of rotatable bonds is 3. The van der Waals surface area contributed by atoms with Gasteiger partial charge in [-0.3, -0.25) is 13.8 Å². The number of hydrogen-bond acceptors (Lipinski definition) is 4. The van der Waals surface area contributed by atoms with Crippen molar-refractivity contribution in [2.45, 2.75) is 6.04 Å². The van der Waals surface area contributed by atoms with Gasteiger partial charge in [-0.1, -0.05) is 0 Å². The Balaban J connectivity index is 4.06. The summed E-state index contributed by atoms with van der Waals surface area (Å²) in [6, 6.07) is -1.19. The highest BCUT2D eigenvalue weighted by Crippen LogP contribution is 1.88. The van der Waals surface area contributed by atoms with Gasteiger partial charge in [0, 0.05) is 16.0 Å². The second-order valence-corrected chi connectivity index (χ2v) is 4.46. The van der Waals surface area contributed by atoms with Crippen molar-refractivity contribution in [2.75, 3.05) is 12.0 Å². The summed E-state index contributed by atoms with van der Waals surface area (Å²) in [5.74, 6) is -1.51. The quantitative estimate of drug-likeness (QED) is 0.504. The van der Waals surface area contributed by atoms with Gasteiger partial charge in [0.25, 0.3) is 0 Å². The first-order valence-corrected chi connectivity index (χ1v) is 4.66. The molecule has 0 aliphatic heterocycles. The first-order chi connectivity index (χ1) is 4.33. The number of aliphatic carboxylic acids is 1. The van der Waals surface area contributed by atoms with Crippen molar-refractivity contribution in [1.29, 1.82) is 4.78 Å².